The van der Waals surface area contributed by atoms with Gasteiger partial charge in [-0.3, -0.25) is 14.9 Å². The van der Waals surface area contributed by atoms with Gasteiger partial charge < -0.3 is 10.2 Å². The average Bonchev–Trinajstić information content (AvgIpc) is 3.29. The number of halogens is 3. The third-order valence-electron chi connectivity index (χ3n) is 6.30. The molecule has 150 valence electrons. The van der Waals surface area contributed by atoms with Gasteiger partial charge in [-0.2, -0.15) is 0 Å². The van der Waals surface area contributed by atoms with Crippen LogP contribution in [0.15, 0.2) is 30.5 Å². The van der Waals surface area contributed by atoms with Crippen LogP contribution in [0, 0.1) is 5.82 Å². The van der Waals surface area contributed by atoms with Crippen molar-refractivity contribution in [2.45, 2.75) is 36.9 Å². The number of carbonyl (C=O) groups is 2. The summed E-state index contributed by atoms with van der Waals surface area (Å²) in [7, 11) is 0. The average molecular weight is 435 g/mol. The fraction of sp³-hybridized carbons (Fsp3) is 0.350. The summed E-state index contributed by atoms with van der Waals surface area (Å²) < 4.78 is 15.2. The molecule has 2 N–H and O–H groups in total. The van der Waals surface area contributed by atoms with Crippen LogP contribution in [0.5, 0.6) is 0 Å². The molecule has 1 aromatic carbocycles. The fourth-order valence-electron chi connectivity index (χ4n) is 5.24. The van der Waals surface area contributed by atoms with E-state index in [1.54, 1.807) is 23.1 Å². The van der Waals surface area contributed by atoms with E-state index in [9.17, 15) is 9.59 Å². The number of nitrogens with zero attached hydrogens (tertiary/aromatic N) is 2. The number of benzene rings is 1. The summed E-state index contributed by atoms with van der Waals surface area (Å²) in [6.45, 7) is 2.03. The third-order valence-corrected chi connectivity index (χ3v) is 6.80. The minimum atomic E-state index is -1.24. The van der Waals surface area contributed by atoms with Crippen molar-refractivity contribution in [3.8, 4) is 0 Å². The zero-order valence-electron chi connectivity index (χ0n) is 15.4. The lowest BCUT2D eigenvalue weighted by Crippen LogP contribution is -2.50. The summed E-state index contributed by atoms with van der Waals surface area (Å²) >= 11 is 12.1. The molecule has 9 heteroatoms. The summed E-state index contributed by atoms with van der Waals surface area (Å²) in [5.74, 6) is -1.77. The second-order valence-electron chi connectivity index (χ2n) is 7.68. The SMILES string of the molecule is CC(=O)N1CC[C@@H]2N[C@@]3(C(=O)Nc4cc(Cl)ccc43)[C@@H](c3ccnc(Cl)c3F)C21. The van der Waals surface area contributed by atoms with E-state index in [1.807, 2.05) is 0 Å². The maximum atomic E-state index is 15.2. The molecule has 3 aliphatic rings. The summed E-state index contributed by atoms with van der Waals surface area (Å²) in [4.78, 5) is 31.2. The molecular formula is C20H17Cl2FN4O2. The van der Waals surface area contributed by atoms with Gasteiger partial charge in [-0.05, 0) is 24.6 Å². The number of carbonyl (C=O) groups excluding carboxylic acids is 2. The summed E-state index contributed by atoms with van der Waals surface area (Å²) in [6.07, 6.45) is 2.09. The zero-order valence-corrected chi connectivity index (χ0v) is 16.9. The number of pyridine rings is 1. The van der Waals surface area contributed by atoms with Crippen LogP contribution in [-0.2, 0) is 15.1 Å². The lowest BCUT2D eigenvalue weighted by Gasteiger charge is -2.35. The Morgan fingerprint density at radius 1 is 1.34 bits per heavy atom. The van der Waals surface area contributed by atoms with Crippen LogP contribution in [0.4, 0.5) is 10.1 Å². The minimum Gasteiger partial charge on any atom is -0.338 e. The van der Waals surface area contributed by atoms with Gasteiger partial charge in [0.1, 0.15) is 5.54 Å². The molecule has 0 saturated carbocycles. The van der Waals surface area contributed by atoms with Crippen molar-refractivity contribution in [2.24, 2.45) is 0 Å². The van der Waals surface area contributed by atoms with Crippen molar-refractivity contribution in [3.05, 3.63) is 57.6 Å². The normalized spacial score (nSPS) is 29.9. The Kier molecular flexibility index (Phi) is 4.14. The Balaban J connectivity index is 1.77. The fourth-order valence-corrected chi connectivity index (χ4v) is 5.58. The first kappa shape index (κ1) is 18.8. The molecule has 0 radical (unpaired) electrons. The Morgan fingerprint density at radius 2 is 2.14 bits per heavy atom. The number of nitrogens with one attached hydrogen (secondary N) is 2. The number of aromatic nitrogens is 1. The van der Waals surface area contributed by atoms with E-state index in [-0.39, 0.29) is 28.6 Å². The van der Waals surface area contributed by atoms with E-state index >= 15 is 4.39 Å². The highest BCUT2D eigenvalue weighted by Gasteiger charge is 2.65. The lowest BCUT2D eigenvalue weighted by atomic mass is 9.74. The molecular weight excluding hydrogens is 418 g/mol. The van der Waals surface area contributed by atoms with Crippen molar-refractivity contribution in [1.82, 2.24) is 15.2 Å². The molecule has 29 heavy (non-hydrogen) atoms. The third kappa shape index (κ3) is 2.47. The van der Waals surface area contributed by atoms with Gasteiger partial charge in [-0.1, -0.05) is 29.3 Å². The van der Waals surface area contributed by atoms with Crippen molar-refractivity contribution >= 4 is 40.7 Å². The van der Waals surface area contributed by atoms with Gasteiger partial charge in [0.25, 0.3) is 0 Å². The predicted octanol–water partition coefficient (Wildman–Crippen LogP) is 3.05. The highest BCUT2D eigenvalue weighted by atomic mass is 35.5. The molecule has 1 spiro atoms. The zero-order chi connectivity index (χ0) is 20.5. The smallest absolute Gasteiger partial charge is 0.250 e. The first-order valence-electron chi connectivity index (χ1n) is 9.31. The highest BCUT2D eigenvalue weighted by Crippen LogP contribution is 2.55. The van der Waals surface area contributed by atoms with Gasteiger partial charge in [0, 0.05) is 53.5 Å². The molecule has 1 aromatic heterocycles. The Hall–Kier alpha value is -2.22. The molecule has 2 fully saturated rings. The Labute approximate surface area is 176 Å². The van der Waals surface area contributed by atoms with Crippen LogP contribution in [0.3, 0.4) is 0 Å². The number of fused-ring (bicyclic) bond motifs is 3. The van der Waals surface area contributed by atoms with E-state index in [1.165, 1.54) is 19.2 Å². The first-order valence-corrected chi connectivity index (χ1v) is 10.1. The first-order chi connectivity index (χ1) is 13.8. The maximum Gasteiger partial charge on any atom is 0.250 e. The topological polar surface area (TPSA) is 74.3 Å². The standard InChI is InChI=1S/C20H17Cl2FN4O2/c1-9(28)27-7-5-13-17(27)15(11-4-6-24-18(22)16(11)23)20(26-13)12-3-2-10(21)8-14(12)25-19(20)29/h2-4,6,8,13,15,17,26H,5,7H2,1H3,(H,25,29)/t13-,15-,17?,20+/m0/s1. The second kappa shape index (κ2) is 6.39. The van der Waals surface area contributed by atoms with Gasteiger partial charge in [-0.25, -0.2) is 9.37 Å². The van der Waals surface area contributed by atoms with Gasteiger partial charge >= 0.3 is 0 Å². The number of anilines is 1. The minimum absolute atomic E-state index is 0.114. The van der Waals surface area contributed by atoms with E-state index in [0.29, 0.717) is 29.2 Å². The summed E-state index contributed by atoms with van der Waals surface area (Å²) in [5, 5.41) is 6.56. The van der Waals surface area contributed by atoms with E-state index in [4.69, 9.17) is 23.2 Å². The summed E-state index contributed by atoms with van der Waals surface area (Å²) in [6, 6.07) is 6.13. The molecule has 4 heterocycles. The number of hydrogen-bond donors (Lipinski definition) is 2. The molecule has 4 atom stereocenters. The quantitative estimate of drug-likeness (QED) is 0.676. The molecule has 6 nitrogen and oxygen atoms in total. The van der Waals surface area contributed by atoms with Gasteiger partial charge in [0.15, 0.2) is 11.0 Å². The number of hydrogen-bond acceptors (Lipinski definition) is 4. The van der Waals surface area contributed by atoms with Gasteiger partial charge in [-0.15, -0.1) is 0 Å². The van der Waals surface area contributed by atoms with Crippen LogP contribution in [0.25, 0.3) is 0 Å². The number of rotatable bonds is 1. The van der Waals surface area contributed by atoms with Gasteiger partial charge in [0.05, 0.1) is 6.04 Å². The number of amides is 2. The monoisotopic (exact) mass is 434 g/mol. The van der Waals surface area contributed by atoms with Crippen LogP contribution in [0.2, 0.25) is 10.2 Å². The Bertz CT molecular complexity index is 1060. The van der Waals surface area contributed by atoms with Crippen molar-refractivity contribution < 1.29 is 14.0 Å². The number of likely N-dealkylation sites (tertiary alicyclic amines) is 1. The van der Waals surface area contributed by atoms with Crippen molar-refractivity contribution in [3.63, 3.8) is 0 Å². The lowest BCUT2D eigenvalue weighted by molar-refractivity contribution is -0.131. The summed E-state index contributed by atoms with van der Waals surface area (Å²) in [5.41, 5.74) is 0.280. The molecule has 2 amide bonds. The van der Waals surface area contributed by atoms with Gasteiger partial charge in [0.2, 0.25) is 11.8 Å². The van der Waals surface area contributed by atoms with Crippen LogP contribution in [0.1, 0.15) is 30.4 Å². The van der Waals surface area contributed by atoms with Crippen LogP contribution >= 0.6 is 23.2 Å². The maximum absolute atomic E-state index is 15.2. The van der Waals surface area contributed by atoms with Crippen molar-refractivity contribution in [2.75, 3.05) is 11.9 Å². The molecule has 0 bridgehead atoms. The molecule has 0 aliphatic carbocycles. The van der Waals surface area contributed by atoms with E-state index < -0.39 is 23.3 Å². The molecule has 2 saturated heterocycles. The van der Waals surface area contributed by atoms with E-state index in [2.05, 4.69) is 15.6 Å². The van der Waals surface area contributed by atoms with Crippen LogP contribution in [-0.4, -0.2) is 40.3 Å². The van der Waals surface area contributed by atoms with Crippen LogP contribution < -0.4 is 10.6 Å². The highest BCUT2D eigenvalue weighted by molar-refractivity contribution is 6.31. The second-order valence-corrected chi connectivity index (χ2v) is 8.47. The molecule has 2 aromatic rings. The van der Waals surface area contributed by atoms with Crippen molar-refractivity contribution in [1.29, 1.82) is 0 Å². The molecule has 1 unspecified atom stereocenters. The van der Waals surface area contributed by atoms with E-state index in [0.717, 1.165) is 0 Å². The molecule has 5 rings (SSSR count). The Morgan fingerprint density at radius 3 is 2.90 bits per heavy atom. The molecule has 3 aliphatic heterocycles. The largest absolute Gasteiger partial charge is 0.338 e. The predicted molar refractivity (Wildman–Crippen MR) is 106 cm³/mol.